The molecule has 6 rings (SSSR count). The number of carbonyl (C=O) groups is 3. The van der Waals surface area contributed by atoms with Crippen molar-refractivity contribution < 1.29 is 19.1 Å². The average molecular weight is 480 g/mol. The van der Waals surface area contributed by atoms with E-state index >= 15 is 0 Å². The highest BCUT2D eigenvalue weighted by atomic mass is 16.5. The molecule has 0 aliphatic carbocycles. The second kappa shape index (κ2) is 8.68. The van der Waals surface area contributed by atoms with Gasteiger partial charge < -0.3 is 19.5 Å². The fourth-order valence-electron chi connectivity index (χ4n) is 5.53. The first-order chi connectivity index (χ1) is 17.5. The summed E-state index contributed by atoms with van der Waals surface area (Å²) in [6.45, 7) is 0.422. The second-order valence-electron chi connectivity index (χ2n) is 9.28. The Hall–Kier alpha value is -4.39. The molecule has 7 nitrogen and oxygen atoms in total. The van der Waals surface area contributed by atoms with Crippen LogP contribution in [0, 0.1) is 0 Å². The van der Waals surface area contributed by atoms with E-state index < -0.39 is 18.1 Å². The minimum absolute atomic E-state index is 0.0243. The number of methoxy groups -OCH3 is 1. The molecule has 2 amide bonds. The zero-order chi connectivity index (χ0) is 24.8. The minimum atomic E-state index is -0.605. The lowest BCUT2D eigenvalue weighted by Crippen LogP contribution is -2.62. The number of H-pyrrole nitrogens is 1. The molecule has 0 radical (unpaired) electrons. The number of nitrogens with zero attached hydrogens (tertiary/aromatic N) is 2. The third kappa shape index (κ3) is 3.55. The van der Waals surface area contributed by atoms with E-state index in [-0.39, 0.29) is 18.4 Å². The number of fused-ring (bicyclic) bond motifs is 4. The first kappa shape index (κ1) is 22.1. The van der Waals surface area contributed by atoms with Crippen LogP contribution in [0.1, 0.15) is 38.8 Å². The molecule has 2 aliphatic heterocycles. The number of ether oxygens (including phenoxy) is 1. The van der Waals surface area contributed by atoms with Gasteiger partial charge in [0.1, 0.15) is 12.6 Å². The lowest BCUT2D eigenvalue weighted by Gasteiger charge is -2.47. The zero-order valence-corrected chi connectivity index (χ0v) is 19.8. The predicted octanol–water partition coefficient (Wildman–Crippen LogP) is 3.84. The van der Waals surface area contributed by atoms with Gasteiger partial charge in [-0.1, -0.05) is 60.7 Å². The number of rotatable bonds is 4. The van der Waals surface area contributed by atoms with Crippen molar-refractivity contribution in [1.29, 1.82) is 0 Å². The molecule has 1 N–H and O–H groups in total. The molecule has 1 fully saturated rings. The molecule has 2 atom stereocenters. The van der Waals surface area contributed by atoms with Crippen LogP contribution < -0.4 is 0 Å². The van der Waals surface area contributed by atoms with E-state index in [1.807, 2.05) is 60.7 Å². The summed E-state index contributed by atoms with van der Waals surface area (Å²) in [4.78, 5) is 46.3. The van der Waals surface area contributed by atoms with Gasteiger partial charge in [-0.15, -0.1) is 0 Å². The molecule has 180 valence electrons. The standard InChI is InChI=1S/C29H25N3O4/c1-36-29(35)20-13-11-19(12-14-20)27-26-22(21-9-5-6-10-23(21)30-26)15-24-28(34)31(17-25(33)32(24)27)16-18-7-3-2-4-8-18/h2-14,24,27,30H,15-17H2,1H3/t24-,27-/m0/s1. The number of aromatic nitrogens is 1. The number of aromatic amines is 1. The summed E-state index contributed by atoms with van der Waals surface area (Å²) < 4.78 is 4.84. The minimum Gasteiger partial charge on any atom is -0.465 e. The number of hydrogen-bond acceptors (Lipinski definition) is 4. The van der Waals surface area contributed by atoms with E-state index in [0.29, 0.717) is 18.5 Å². The van der Waals surface area contributed by atoms with E-state index in [9.17, 15) is 14.4 Å². The summed E-state index contributed by atoms with van der Waals surface area (Å²) >= 11 is 0. The Balaban J connectivity index is 1.44. The first-order valence-electron chi connectivity index (χ1n) is 12.0. The van der Waals surface area contributed by atoms with Crippen LogP contribution in [0.5, 0.6) is 0 Å². The Morgan fingerprint density at radius 3 is 2.44 bits per heavy atom. The Morgan fingerprint density at radius 2 is 1.69 bits per heavy atom. The van der Waals surface area contributed by atoms with Crippen LogP contribution in [0.4, 0.5) is 0 Å². The molecule has 2 aliphatic rings. The molecule has 0 spiro atoms. The number of benzene rings is 3. The van der Waals surface area contributed by atoms with Gasteiger partial charge in [0, 0.05) is 29.6 Å². The van der Waals surface area contributed by atoms with Crippen molar-refractivity contribution in [2.75, 3.05) is 13.7 Å². The van der Waals surface area contributed by atoms with Crippen molar-refractivity contribution in [3.8, 4) is 0 Å². The number of amides is 2. The topological polar surface area (TPSA) is 82.7 Å². The van der Waals surface area contributed by atoms with Crippen LogP contribution >= 0.6 is 0 Å². The maximum absolute atomic E-state index is 13.8. The summed E-state index contributed by atoms with van der Waals surface area (Å²) in [6, 6.07) is 23.8. The first-order valence-corrected chi connectivity index (χ1v) is 12.0. The maximum Gasteiger partial charge on any atom is 0.337 e. The number of para-hydroxylation sites is 1. The van der Waals surface area contributed by atoms with Crippen LogP contribution in [0.3, 0.4) is 0 Å². The van der Waals surface area contributed by atoms with E-state index in [1.54, 1.807) is 21.9 Å². The molecular formula is C29H25N3O4. The van der Waals surface area contributed by atoms with Gasteiger partial charge in [-0.25, -0.2) is 4.79 Å². The van der Waals surface area contributed by atoms with Crippen LogP contribution in [-0.2, 0) is 27.3 Å². The molecule has 3 aromatic carbocycles. The summed E-state index contributed by atoms with van der Waals surface area (Å²) in [6.07, 6.45) is 0.450. The highest BCUT2D eigenvalue weighted by Gasteiger charge is 2.48. The van der Waals surface area contributed by atoms with Crippen molar-refractivity contribution in [1.82, 2.24) is 14.8 Å². The highest BCUT2D eigenvalue weighted by Crippen LogP contribution is 2.42. The predicted molar refractivity (Wildman–Crippen MR) is 134 cm³/mol. The smallest absolute Gasteiger partial charge is 0.337 e. The molecule has 0 unspecified atom stereocenters. The van der Waals surface area contributed by atoms with Gasteiger partial charge in [0.05, 0.1) is 18.7 Å². The third-order valence-electron chi connectivity index (χ3n) is 7.21. The molecule has 36 heavy (non-hydrogen) atoms. The van der Waals surface area contributed by atoms with Gasteiger partial charge in [-0.2, -0.15) is 0 Å². The number of piperazine rings is 1. The van der Waals surface area contributed by atoms with Crippen LogP contribution in [0.2, 0.25) is 0 Å². The van der Waals surface area contributed by atoms with Crippen LogP contribution in [-0.4, -0.2) is 52.3 Å². The monoisotopic (exact) mass is 479 g/mol. The molecule has 7 heteroatoms. The normalized spacial score (nSPS) is 19.2. The quantitative estimate of drug-likeness (QED) is 0.451. The van der Waals surface area contributed by atoms with E-state index in [2.05, 4.69) is 11.1 Å². The zero-order valence-electron chi connectivity index (χ0n) is 19.8. The SMILES string of the molecule is COC(=O)c1ccc([C@H]2c3[nH]c4ccccc4c3C[C@H]3C(=O)N(Cc4ccccc4)CC(=O)N23)cc1. The van der Waals surface area contributed by atoms with Crippen molar-refractivity contribution >= 4 is 28.7 Å². The van der Waals surface area contributed by atoms with E-state index in [0.717, 1.165) is 33.3 Å². The number of esters is 1. The van der Waals surface area contributed by atoms with Crippen LogP contribution in [0.25, 0.3) is 10.9 Å². The molecule has 3 heterocycles. The maximum atomic E-state index is 13.8. The van der Waals surface area contributed by atoms with Gasteiger partial charge in [0.15, 0.2) is 0 Å². The molecule has 0 saturated carbocycles. The fraction of sp³-hybridized carbons (Fsp3) is 0.207. The summed E-state index contributed by atoms with van der Waals surface area (Å²) in [5, 5.41) is 1.06. The Bertz CT molecular complexity index is 1480. The number of carbonyl (C=O) groups excluding carboxylic acids is 3. The largest absolute Gasteiger partial charge is 0.465 e. The van der Waals surface area contributed by atoms with Gasteiger partial charge in [0.2, 0.25) is 11.8 Å². The van der Waals surface area contributed by atoms with Gasteiger partial charge in [-0.3, -0.25) is 9.59 Å². The van der Waals surface area contributed by atoms with Crippen molar-refractivity contribution in [2.45, 2.75) is 25.0 Å². The number of nitrogens with one attached hydrogen (secondary N) is 1. The van der Waals surface area contributed by atoms with Gasteiger partial charge in [0.25, 0.3) is 0 Å². The Labute approximate surface area is 208 Å². The third-order valence-corrected chi connectivity index (χ3v) is 7.21. The molecule has 1 aromatic heterocycles. The molecule has 4 aromatic rings. The summed E-state index contributed by atoms with van der Waals surface area (Å²) in [7, 11) is 1.35. The van der Waals surface area contributed by atoms with Gasteiger partial charge >= 0.3 is 5.97 Å². The van der Waals surface area contributed by atoms with Crippen molar-refractivity contribution in [3.63, 3.8) is 0 Å². The Kier molecular flexibility index (Phi) is 5.33. The lowest BCUT2D eigenvalue weighted by atomic mass is 9.86. The summed E-state index contributed by atoms with van der Waals surface area (Å²) in [5.41, 5.74) is 5.19. The van der Waals surface area contributed by atoms with E-state index in [4.69, 9.17) is 4.74 Å². The van der Waals surface area contributed by atoms with Crippen molar-refractivity contribution in [2.24, 2.45) is 0 Å². The van der Waals surface area contributed by atoms with Crippen LogP contribution in [0.15, 0.2) is 78.9 Å². The lowest BCUT2D eigenvalue weighted by molar-refractivity contribution is -0.159. The summed E-state index contributed by atoms with van der Waals surface area (Å²) in [5.74, 6) is -0.567. The fourth-order valence-corrected chi connectivity index (χ4v) is 5.53. The molecule has 1 saturated heterocycles. The molecular weight excluding hydrogens is 454 g/mol. The Morgan fingerprint density at radius 1 is 0.972 bits per heavy atom. The average Bonchev–Trinajstić information content (AvgIpc) is 3.29. The second-order valence-corrected chi connectivity index (χ2v) is 9.28. The number of hydrogen-bond donors (Lipinski definition) is 1. The molecule has 0 bridgehead atoms. The van der Waals surface area contributed by atoms with Crippen molar-refractivity contribution in [3.05, 3.63) is 107 Å². The highest BCUT2D eigenvalue weighted by molar-refractivity contribution is 5.97. The van der Waals surface area contributed by atoms with Gasteiger partial charge in [-0.05, 0) is 34.9 Å². The van der Waals surface area contributed by atoms with E-state index in [1.165, 1.54) is 7.11 Å².